The fourth-order valence-electron chi connectivity index (χ4n) is 2.84. The van der Waals surface area contributed by atoms with Gasteiger partial charge in [0.05, 0.1) is 10.6 Å². The standard InChI is InChI=1S/C17H16N2O6S2/c1-11-6-9-15(13-8-7-12(10-14(11)13)26(20,21)22)18-19-16-4-2-3-5-17(16)27(23,24)25/h2-5,7-8,10H,6,9H2,1H3,(H,20,21,22)(H,23,24,25). The summed E-state index contributed by atoms with van der Waals surface area (Å²) in [6.07, 6.45) is 1.14. The lowest BCUT2D eigenvalue weighted by Gasteiger charge is -2.11. The van der Waals surface area contributed by atoms with Crippen molar-refractivity contribution in [2.45, 2.75) is 29.6 Å². The summed E-state index contributed by atoms with van der Waals surface area (Å²) in [7, 11) is -8.76. The van der Waals surface area contributed by atoms with Crippen molar-refractivity contribution >= 4 is 37.2 Å². The molecular formula is C17H16N2O6S2. The highest BCUT2D eigenvalue weighted by Gasteiger charge is 2.16. The summed E-state index contributed by atoms with van der Waals surface area (Å²) in [6.45, 7) is 1.86. The zero-order valence-electron chi connectivity index (χ0n) is 14.2. The summed E-state index contributed by atoms with van der Waals surface area (Å²) in [5, 5.41) is 9.38. The number of rotatable bonds is 4. The van der Waals surface area contributed by atoms with Gasteiger partial charge < -0.3 is 0 Å². The van der Waals surface area contributed by atoms with E-state index >= 15 is 0 Å². The normalized spacial score (nSPS) is 15.2. The lowest BCUT2D eigenvalue weighted by Crippen LogP contribution is -2.32. The van der Waals surface area contributed by atoms with E-state index in [-0.39, 0.29) is 15.5 Å². The molecule has 2 aromatic carbocycles. The molecular weight excluding hydrogens is 392 g/mol. The molecule has 8 nitrogen and oxygen atoms in total. The van der Waals surface area contributed by atoms with E-state index in [0.717, 1.165) is 5.57 Å². The highest BCUT2D eigenvalue weighted by atomic mass is 32.2. The van der Waals surface area contributed by atoms with E-state index in [9.17, 15) is 25.9 Å². The van der Waals surface area contributed by atoms with Crippen LogP contribution in [0.5, 0.6) is 0 Å². The number of azo groups is 1. The van der Waals surface area contributed by atoms with Gasteiger partial charge in [-0.2, -0.15) is 21.9 Å². The highest BCUT2D eigenvalue weighted by molar-refractivity contribution is 7.86. The molecule has 0 aliphatic heterocycles. The van der Waals surface area contributed by atoms with Gasteiger partial charge in [-0.15, -0.1) is 5.11 Å². The van der Waals surface area contributed by atoms with Crippen molar-refractivity contribution in [1.29, 1.82) is 0 Å². The fraction of sp³-hybridized carbons (Fsp3) is 0.176. The molecule has 0 spiro atoms. The molecule has 0 aromatic heterocycles. The zero-order chi connectivity index (χ0) is 19.8. The molecule has 0 atom stereocenters. The van der Waals surface area contributed by atoms with Crippen LogP contribution in [0.25, 0.3) is 11.3 Å². The molecule has 0 saturated carbocycles. The molecule has 0 amide bonds. The van der Waals surface area contributed by atoms with Crippen LogP contribution in [0.3, 0.4) is 0 Å². The van der Waals surface area contributed by atoms with Crippen LogP contribution in [-0.4, -0.2) is 25.9 Å². The van der Waals surface area contributed by atoms with E-state index in [2.05, 4.69) is 10.2 Å². The molecule has 0 heterocycles. The van der Waals surface area contributed by atoms with Crippen LogP contribution in [-0.2, 0) is 20.2 Å². The van der Waals surface area contributed by atoms with Crippen molar-refractivity contribution in [3.8, 4) is 0 Å². The Kier molecular flexibility index (Phi) is 5.00. The minimum Gasteiger partial charge on any atom is -0.282 e. The molecule has 142 valence electrons. The van der Waals surface area contributed by atoms with Gasteiger partial charge in [0.1, 0.15) is 10.6 Å². The number of hydrogen-bond acceptors (Lipinski definition) is 6. The van der Waals surface area contributed by atoms with E-state index in [1.54, 1.807) is 6.07 Å². The second kappa shape index (κ2) is 6.97. The van der Waals surface area contributed by atoms with E-state index in [1.807, 2.05) is 6.92 Å². The first-order chi connectivity index (χ1) is 12.6. The van der Waals surface area contributed by atoms with Gasteiger partial charge >= 0.3 is 0 Å². The SMILES string of the molecule is CC1=c2cc(S(=O)(=O)O)ccc2=C(N=Nc2ccccc2S(=O)(=O)O)CC1. The van der Waals surface area contributed by atoms with Crippen LogP contribution in [0.1, 0.15) is 19.8 Å². The van der Waals surface area contributed by atoms with Crippen LogP contribution in [0.4, 0.5) is 5.69 Å². The Morgan fingerprint density at radius 2 is 1.56 bits per heavy atom. The third kappa shape index (κ3) is 4.14. The zero-order valence-corrected chi connectivity index (χ0v) is 15.8. The van der Waals surface area contributed by atoms with Crippen LogP contribution in [0.2, 0.25) is 0 Å². The third-order valence-electron chi connectivity index (χ3n) is 4.22. The Morgan fingerprint density at radius 3 is 2.22 bits per heavy atom. The lowest BCUT2D eigenvalue weighted by atomic mass is 9.99. The van der Waals surface area contributed by atoms with Gasteiger partial charge in [-0.1, -0.05) is 23.8 Å². The summed E-state index contributed by atoms with van der Waals surface area (Å²) < 4.78 is 64.1. The van der Waals surface area contributed by atoms with Gasteiger partial charge in [0.15, 0.2) is 0 Å². The van der Waals surface area contributed by atoms with Crippen LogP contribution < -0.4 is 10.4 Å². The first-order valence-electron chi connectivity index (χ1n) is 7.86. The minimum atomic E-state index is -4.44. The van der Waals surface area contributed by atoms with Crippen molar-refractivity contribution in [2.24, 2.45) is 10.2 Å². The Hall–Kier alpha value is -2.40. The molecule has 27 heavy (non-hydrogen) atoms. The Morgan fingerprint density at radius 1 is 0.852 bits per heavy atom. The van der Waals surface area contributed by atoms with Crippen molar-refractivity contribution in [3.05, 3.63) is 52.9 Å². The van der Waals surface area contributed by atoms with Crippen LogP contribution in [0, 0.1) is 0 Å². The quantitative estimate of drug-likeness (QED) is 0.587. The first-order valence-corrected chi connectivity index (χ1v) is 10.7. The van der Waals surface area contributed by atoms with Gasteiger partial charge in [0.25, 0.3) is 20.2 Å². The minimum absolute atomic E-state index is 0.00474. The molecule has 0 bridgehead atoms. The van der Waals surface area contributed by atoms with E-state index in [0.29, 0.717) is 29.0 Å². The fourth-order valence-corrected chi connectivity index (χ4v) is 3.97. The maximum absolute atomic E-state index is 11.4. The van der Waals surface area contributed by atoms with Crippen molar-refractivity contribution < 1.29 is 25.9 Å². The molecule has 2 N–H and O–H groups in total. The van der Waals surface area contributed by atoms with E-state index in [4.69, 9.17) is 0 Å². The predicted octanol–water partition coefficient (Wildman–Crippen LogP) is 2.04. The first kappa shape index (κ1) is 19.4. The molecule has 3 rings (SSSR count). The van der Waals surface area contributed by atoms with Gasteiger partial charge in [0.2, 0.25) is 0 Å². The van der Waals surface area contributed by atoms with Crippen molar-refractivity contribution in [2.75, 3.05) is 0 Å². The lowest BCUT2D eigenvalue weighted by molar-refractivity contribution is 0.481. The van der Waals surface area contributed by atoms with Crippen LogP contribution in [0.15, 0.2) is 62.5 Å². The number of benzene rings is 2. The maximum atomic E-state index is 11.4. The average Bonchev–Trinajstić information content (AvgIpc) is 2.60. The van der Waals surface area contributed by atoms with Gasteiger partial charge in [0, 0.05) is 5.22 Å². The summed E-state index contributed by atoms with van der Waals surface area (Å²) in [5.74, 6) is 0. The van der Waals surface area contributed by atoms with Crippen molar-refractivity contribution in [3.63, 3.8) is 0 Å². The maximum Gasteiger partial charge on any atom is 0.296 e. The molecule has 0 radical (unpaired) electrons. The largest absolute Gasteiger partial charge is 0.296 e. The summed E-state index contributed by atoms with van der Waals surface area (Å²) >= 11 is 0. The number of nitrogens with zero attached hydrogens (tertiary/aromatic N) is 2. The number of fused-ring (bicyclic) bond motifs is 1. The topological polar surface area (TPSA) is 133 Å². The molecule has 10 heteroatoms. The number of hydrogen-bond donors (Lipinski definition) is 2. The average molecular weight is 408 g/mol. The highest BCUT2D eigenvalue weighted by Crippen LogP contribution is 2.25. The molecule has 2 aromatic rings. The summed E-state index contributed by atoms with van der Waals surface area (Å²) in [6, 6.07) is 9.84. The summed E-state index contributed by atoms with van der Waals surface area (Å²) in [4.78, 5) is -0.564. The van der Waals surface area contributed by atoms with Gasteiger partial charge in [-0.25, -0.2) is 0 Å². The second-order valence-electron chi connectivity index (χ2n) is 6.05. The van der Waals surface area contributed by atoms with Gasteiger partial charge in [-0.3, -0.25) is 9.11 Å². The Balaban J connectivity index is 2.17. The molecule has 0 saturated heterocycles. The molecule has 1 aliphatic carbocycles. The summed E-state index contributed by atoms with van der Waals surface area (Å²) in [5.41, 5.74) is 1.48. The second-order valence-corrected chi connectivity index (χ2v) is 8.86. The Labute approximate surface area is 156 Å². The molecule has 0 fully saturated rings. The van der Waals surface area contributed by atoms with E-state index < -0.39 is 20.2 Å². The molecule has 0 unspecified atom stereocenters. The van der Waals surface area contributed by atoms with Crippen molar-refractivity contribution in [1.82, 2.24) is 0 Å². The van der Waals surface area contributed by atoms with Gasteiger partial charge in [-0.05, 0) is 49.2 Å². The molecule has 1 aliphatic rings. The monoisotopic (exact) mass is 408 g/mol. The smallest absolute Gasteiger partial charge is 0.282 e. The Bertz CT molecular complexity index is 1280. The van der Waals surface area contributed by atoms with E-state index in [1.165, 1.54) is 36.4 Å². The van der Waals surface area contributed by atoms with Crippen LogP contribution >= 0.6 is 0 Å². The predicted molar refractivity (Wildman–Crippen MR) is 98.0 cm³/mol. The third-order valence-corrected chi connectivity index (χ3v) is 5.97.